The minimum Gasteiger partial charge on any atom is -0.378 e. The highest BCUT2D eigenvalue weighted by molar-refractivity contribution is 6.34. The molecule has 106 valence electrons. The van der Waals surface area contributed by atoms with Crippen LogP contribution in [0.1, 0.15) is 21.6 Å². The molecule has 0 unspecified atom stereocenters. The van der Waals surface area contributed by atoms with Crippen LogP contribution < -0.4 is 5.32 Å². The number of hydrogen-bond acceptors (Lipinski definition) is 4. The van der Waals surface area contributed by atoms with E-state index in [2.05, 4.69) is 10.5 Å². The van der Waals surface area contributed by atoms with E-state index in [-0.39, 0.29) is 28.4 Å². The summed E-state index contributed by atoms with van der Waals surface area (Å²) in [5, 5.41) is 6.47. The van der Waals surface area contributed by atoms with Crippen molar-refractivity contribution >= 4 is 23.2 Å². The second-order valence-electron chi connectivity index (χ2n) is 4.09. The maximum Gasteiger partial charge on any atom is 0.261 e. The molecule has 1 heterocycles. The molecule has 0 saturated heterocycles. The van der Waals surface area contributed by atoms with Crippen LogP contribution in [0.15, 0.2) is 22.9 Å². The second kappa shape index (κ2) is 6.02. The molecule has 2 rings (SSSR count). The third kappa shape index (κ3) is 2.81. The van der Waals surface area contributed by atoms with Crippen LogP contribution in [0.2, 0.25) is 5.02 Å². The topological polar surface area (TPSA) is 64.4 Å². The van der Waals surface area contributed by atoms with Gasteiger partial charge < -0.3 is 14.6 Å². The maximum absolute atomic E-state index is 13.5. The minimum absolute atomic E-state index is 0.134. The van der Waals surface area contributed by atoms with Crippen LogP contribution >= 0.6 is 11.6 Å². The first kappa shape index (κ1) is 14.5. The standard InChI is InChI=1S/C13H12ClFN2O3/c1-7-10(15)4-3-9(14)12(7)16-13(18)8-5-20-17-11(8)6-19-2/h3-5H,6H2,1-2H3,(H,16,18). The maximum atomic E-state index is 13.5. The molecule has 0 atom stereocenters. The SMILES string of the molecule is COCc1nocc1C(=O)Nc1c(Cl)ccc(F)c1C. The van der Waals surface area contributed by atoms with Crippen molar-refractivity contribution in [1.82, 2.24) is 5.16 Å². The summed E-state index contributed by atoms with van der Waals surface area (Å²) >= 11 is 5.96. The number of hydrogen-bond donors (Lipinski definition) is 1. The fourth-order valence-electron chi connectivity index (χ4n) is 1.67. The first-order valence-electron chi connectivity index (χ1n) is 5.72. The molecule has 0 fully saturated rings. The van der Waals surface area contributed by atoms with Gasteiger partial charge in [0.15, 0.2) is 0 Å². The molecule has 0 aliphatic carbocycles. The summed E-state index contributed by atoms with van der Waals surface area (Å²) in [7, 11) is 1.48. The highest BCUT2D eigenvalue weighted by Crippen LogP contribution is 2.28. The first-order chi connectivity index (χ1) is 9.54. The lowest BCUT2D eigenvalue weighted by atomic mass is 10.1. The average molecular weight is 299 g/mol. The number of amides is 1. The molecule has 0 aliphatic heterocycles. The zero-order valence-corrected chi connectivity index (χ0v) is 11.6. The Labute approximate surface area is 119 Å². The van der Waals surface area contributed by atoms with Crippen molar-refractivity contribution < 1.29 is 18.4 Å². The lowest BCUT2D eigenvalue weighted by Crippen LogP contribution is -2.15. The van der Waals surface area contributed by atoms with Crippen LogP contribution in [0, 0.1) is 12.7 Å². The predicted octanol–water partition coefficient (Wildman–Crippen LogP) is 3.17. The van der Waals surface area contributed by atoms with Gasteiger partial charge in [0.1, 0.15) is 23.3 Å². The van der Waals surface area contributed by atoms with Crippen molar-refractivity contribution in [2.24, 2.45) is 0 Å². The molecular formula is C13H12ClFN2O3. The fourth-order valence-corrected chi connectivity index (χ4v) is 1.92. The number of benzene rings is 1. The Bertz CT molecular complexity index is 643. The van der Waals surface area contributed by atoms with Crippen molar-refractivity contribution in [1.29, 1.82) is 0 Å². The molecule has 1 aromatic carbocycles. The zero-order valence-electron chi connectivity index (χ0n) is 10.9. The van der Waals surface area contributed by atoms with Crippen LogP contribution in [-0.4, -0.2) is 18.2 Å². The number of carbonyl (C=O) groups excluding carboxylic acids is 1. The Morgan fingerprint density at radius 1 is 1.55 bits per heavy atom. The third-order valence-electron chi connectivity index (χ3n) is 2.76. The van der Waals surface area contributed by atoms with Crippen LogP contribution in [0.3, 0.4) is 0 Å². The van der Waals surface area contributed by atoms with Gasteiger partial charge in [0.25, 0.3) is 5.91 Å². The van der Waals surface area contributed by atoms with E-state index in [1.807, 2.05) is 0 Å². The van der Waals surface area contributed by atoms with Gasteiger partial charge in [-0.05, 0) is 19.1 Å². The van der Waals surface area contributed by atoms with Gasteiger partial charge >= 0.3 is 0 Å². The molecule has 0 radical (unpaired) electrons. The molecule has 1 N–H and O–H groups in total. The van der Waals surface area contributed by atoms with Gasteiger partial charge in [-0.3, -0.25) is 4.79 Å². The van der Waals surface area contributed by atoms with E-state index >= 15 is 0 Å². The summed E-state index contributed by atoms with van der Waals surface area (Å²) in [5.74, 6) is -0.943. The number of rotatable bonds is 4. The van der Waals surface area contributed by atoms with Gasteiger partial charge in [0.2, 0.25) is 0 Å². The summed E-state index contributed by atoms with van der Waals surface area (Å²) < 4.78 is 23.1. The Morgan fingerprint density at radius 2 is 2.30 bits per heavy atom. The number of aromatic nitrogens is 1. The number of ether oxygens (including phenoxy) is 1. The Morgan fingerprint density at radius 3 is 3.00 bits per heavy atom. The lowest BCUT2D eigenvalue weighted by molar-refractivity contribution is 0.102. The smallest absolute Gasteiger partial charge is 0.261 e. The van der Waals surface area contributed by atoms with E-state index < -0.39 is 11.7 Å². The van der Waals surface area contributed by atoms with Crippen LogP contribution in [0.5, 0.6) is 0 Å². The Balaban J connectivity index is 2.28. The van der Waals surface area contributed by atoms with Crippen molar-refractivity contribution in [3.8, 4) is 0 Å². The average Bonchev–Trinajstić information content (AvgIpc) is 2.88. The van der Waals surface area contributed by atoms with E-state index in [1.54, 1.807) is 0 Å². The molecule has 0 bridgehead atoms. The third-order valence-corrected chi connectivity index (χ3v) is 3.07. The fraction of sp³-hybridized carbons (Fsp3) is 0.231. The summed E-state index contributed by atoms with van der Waals surface area (Å²) in [6.45, 7) is 1.66. The van der Waals surface area contributed by atoms with Gasteiger partial charge in [0, 0.05) is 12.7 Å². The quantitative estimate of drug-likeness (QED) is 0.941. The number of methoxy groups -OCH3 is 1. The highest BCUT2D eigenvalue weighted by atomic mass is 35.5. The van der Waals surface area contributed by atoms with Crippen molar-refractivity contribution in [3.05, 3.63) is 46.1 Å². The van der Waals surface area contributed by atoms with E-state index in [1.165, 1.54) is 32.4 Å². The van der Waals surface area contributed by atoms with E-state index in [0.717, 1.165) is 0 Å². The van der Waals surface area contributed by atoms with Crippen molar-refractivity contribution in [2.45, 2.75) is 13.5 Å². The Kier molecular flexibility index (Phi) is 4.36. The number of nitrogens with one attached hydrogen (secondary N) is 1. The van der Waals surface area contributed by atoms with E-state index in [9.17, 15) is 9.18 Å². The minimum atomic E-state index is -0.492. The van der Waals surface area contributed by atoms with E-state index in [4.69, 9.17) is 20.9 Å². The second-order valence-corrected chi connectivity index (χ2v) is 4.50. The van der Waals surface area contributed by atoms with Gasteiger partial charge in [-0.25, -0.2) is 4.39 Å². The first-order valence-corrected chi connectivity index (χ1v) is 6.10. The zero-order chi connectivity index (χ0) is 14.7. The molecule has 1 aromatic heterocycles. The molecule has 5 nitrogen and oxygen atoms in total. The summed E-state index contributed by atoms with van der Waals surface area (Å²) in [5.41, 5.74) is 1.05. The van der Waals surface area contributed by atoms with Gasteiger partial charge in [-0.2, -0.15) is 0 Å². The molecule has 2 aromatic rings. The van der Waals surface area contributed by atoms with Gasteiger partial charge in [-0.1, -0.05) is 16.8 Å². The molecule has 20 heavy (non-hydrogen) atoms. The number of anilines is 1. The summed E-state index contributed by atoms with van der Waals surface area (Å²) in [6, 6.07) is 2.62. The Hall–Kier alpha value is -1.92. The summed E-state index contributed by atoms with van der Waals surface area (Å²) in [6.07, 6.45) is 1.20. The van der Waals surface area contributed by atoms with Crippen LogP contribution in [0.25, 0.3) is 0 Å². The normalized spacial score (nSPS) is 10.6. The monoisotopic (exact) mass is 298 g/mol. The largest absolute Gasteiger partial charge is 0.378 e. The summed E-state index contributed by atoms with van der Waals surface area (Å²) in [4.78, 5) is 12.1. The molecular weight excluding hydrogens is 287 g/mol. The van der Waals surface area contributed by atoms with Crippen LogP contribution in [0.4, 0.5) is 10.1 Å². The lowest BCUT2D eigenvalue weighted by Gasteiger charge is -2.10. The predicted molar refractivity (Wildman–Crippen MR) is 71.3 cm³/mol. The molecule has 1 amide bonds. The molecule has 7 heteroatoms. The number of carbonyl (C=O) groups is 1. The van der Waals surface area contributed by atoms with Crippen LogP contribution in [-0.2, 0) is 11.3 Å². The van der Waals surface area contributed by atoms with Gasteiger partial charge in [-0.15, -0.1) is 0 Å². The van der Waals surface area contributed by atoms with Crippen molar-refractivity contribution in [2.75, 3.05) is 12.4 Å². The molecule has 0 saturated carbocycles. The van der Waals surface area contributed by atoms with Crippen molar-refractivity contribution in [3.63, 3.8) is 0 Å². The number of halogens is 2. The van der Waals surface area contributed by atoms with E-state index in [0.29, 0.717) is 5.69 Å². The highest BCUT2D eigenvalue weighted by Gasteiger charge is 2.18. The van der Waals surface area contributed by atoms with Gasteiger partial charge in [0.05, 0.1) is 17.3 Å². The number of nitrogens with zero attached hydrogens (tertiary/aromatic N) is 1. The molecule has 0 aliphatic rings. The molecule has 0 spiro atoms.